The van der Waals surface area contributed by atoms with Crippen molar-refractivity contribution >= 4 is 119 Å². The van der Waals surface area contributed by atoms with Gasteiger partial charge in [-0.05, 0) is 149 Å². The highest BCUT2D eigenvalue weighted by Gasteiger charge is 2.32. The van der Waals surface area contributed by atoms with Gasteiger partial charge in [-0.25, -0.2) is 0 Å². The van der Waals surface area contributed by atoms with Crippen molar-refractivity contribution in [3.8, 4) is 0 Å². The van der Waals surface area contributed by atoms with Crippen molar-refractivity contribution < 1.29 is 208 Å². The molecule has 149 heavy (non-hydrogen) atoms. The first-order valence-corrected chi connectivity index (χ1v) is 50.0. The third-order valence-corrected chi connectivity index (χ3v) is 18.1. The van der Waals surface area contributed by atoms with Crippen LogP contribution in [-0.2, 0) is 95.9 Å². The summed E-state index contributed by atoms with van der Waals surface area (Å²) in [4.78, 5) is 198. The molecule has 0 aromatic carbocycles. The summed E-state index contributed by atoms with van der Waals surface area (Å²) in [6.45, 7) is 58.9. The molecular weight excluding hydrogens is 1970 g/mol. The molecule has 8 unspecified atom stereocenters. The minimum Gasteiger partial charge on any atom is -0.481 e. The molecule has 1 aliphatic rings. The van der Waals surface area contributed by atoms with Gasteiger partial charge in [-0.1, -0.05) is 251 Å². The van der Waals surface area contributed by atoms with Crippen molar-refractivity contribution in [2.45, 2.75) is 463 Å². The fraction of sp³-hybridized carbons (Fsp3) is 0.804. The summed E-state index contributed by atoms with van der Waals surface area (Å²) in [5.74, 6) is -16.2. The van der Waals surface area contributed by atoms with E-state index in [0.29, 0.717) is 77.2 Å². The zero-order valence-electron chi connectivity index (χ0n) is 96.0. The Morgan fingerprint density at radius 1 is 0.336 bits per heavy atom. The number of hydrogen-bond donors (Lipinski definition) is 27. The Hall–Kier alpha value is -10.9. The van der Waals surface area contributed by atoms with E-state index in [1.54, 1.807) is 125 Å². The minimum absolute atomic E-state index is 0.0208. The highest BCUT2D eigenvalue weighted by atomic mass is 16.4. The Labute approximate surface area is 885 Å². The summed E-state index contributed by atoms with van der Waals surface area (Å²) in [7, 11) is 0. The van der Waals surface area contributed by atoms with Gasteiger partial charge in [0.2, 0.25) is 0 Å². The number of unbranched alkanes of at least 4 members (excludes halogenated alkanes) is 10. The second-order valence-electron chi connectivity index (χ2n) is 38.1. The van der Waals surface area contributed by atoms with E-state index < -0.39 is 171 Å². The van der Waals surface area contributed by atoms with Crippen LogP contribution in [0.5, 0.6) is 0 Å². The van der Waals surface area contributed by atoms with Gasteiger partial charge in [0.05, 0.1) is 59.0 Å². The van der Waals surface area contributed by atoms with E-state index >= 15 is 0 Å². The maximum absolute atomic E-state index is 10.3. The molecule has 0 radical (unpaired) electrons. The van der Waals surface area contributed by atoms with E-state index in [2.05, 4.69) is 26.1 Å². The van der Waals surface area contributed by atoms with Gasteiger partial charge in [0.25, 0.3) is 0 Å². The zero-order chi connectivity index (χ0) is 123. The first kappa shape index (κ1) is 183. The summed E-state index contributed by atoms with van der Waals surface area (Å²) < 4.78 is 0. The molecule has 1 heterocycles. The van der Waals surface area contributed by atoms with Gasteiger partial charge in [-0.3, -0.25) is 95.9 Å². The molecule has 0 aromatic rings. The fourth-order valence-electron chi connectivity index (χ4n) is 6.10. The largest absolute Gasteiger partial charge is 0.481 e. The Morgan fingerprint density at radius 2 is 0.644 bits per heavy atom. The van der Waals surface area contributed by atoms with Crippen molar-refractivity contribution in [1.82, 2.24) is 5.32 Å². The SMILES string of the molecule is CC(C)(C)C(=O)O.CC(C)(C)CC(=O)O.CC(C)C(=O)O.CC(C)C(=O)O.CC(C)C(=O)O.CC(C)C(N)C(=O)O.CC(C)CC(=O)O.CCC(=O)O.CCC(C)(C)C(=O)O.CCC(C)(CO)C(=O)O.CCC(C)(N)C(=O)O.CCC(C)C(=O)O.CCC(N)C(=O)O.CCCC(=O)O.CCCC(N)C(=O)O.CCCCC(=O)O.CCCCCC(=O)O.CCCCCCC(=O)O.CCCCCCCC(=O)O.O=C(O)C1NCCC1O. The molecule has 0 aliphatic carbocycles. The summed E-state index contributed by atoms with van der Waals surface area (Å²) >= 11 is 0. The van der Waals surface area contributed by atoms with Crippen molar-refractivity contribution in [3.63, 3.8) is 0 Å². The molecule has 1 rings (SSSR count). The highest BCUT2D eigenvalue weighted by molar-refractivity contribution is 5.79. The first-order chi connectivity index (χ1) is 67.4. The number of carboxylic acid groups (broad SMARTS) is 20. The zero-order valence-corrected chi connectivity index (χ0v) is 96.0. The van der Waals surface area contributed by atoms with Gasteiger partial charge in [0.1, 0.15) is 29.7 Å². The number of aliphatic carboxylic acids is 20. The van der Waals surface area contributed by atoms with Crippen LogP contribution < -0.4 is 28.3 Å². The molecule has 1 fully saturated rings. The van der Waals surface area contributed by atoms with Crippen LogP contribution in [0.15, 0.2) is 0 Å². The Kier molecular flexibility index (Phi) is 146. The third kappa shape index (κ3) is 192. The average Bonchev–Trinajstić information content (AvgIpc) is 1.55. The van der Waals surface area contributed by atoms with Crippen molar-refractivity contribution in [1.29, 1.82) is 0 Å². The van der Waals surface area contributed by atoms with Crippen molar-refractivity contribution in [2.24, 2.45) is 80.1 Å². The van der Waals surface area contributed by atoms with Gasteiger partial charge in [-0.15, -0.1) is 0 Å². The number of nitrogens with two attached hydrogens (primary N) is 4. The molecular formula is C102H207N5O42. The molecule has 1 saturated heterocycles. The molecule has 8 atom stereocenters. The normalized spacial score (nSPS) is 12.8. The fourth-order valence-corrected chi connectivity index (χ4v) is 6.10. The number of carboxylic acids is 20. The Bertz CT molecular complexity index is 3310. The molecule has 0 aromatic heterocycles. The second-order valence-corrected chi connectivity index (χ2v) is 38.1. The van der Waals surface area contributed by atoms with Crippen molar-refractivity contribution in [2.75, 3.05) is 13.2 Å². The predicted octanol–water partition coefficient (Wildman–Crippen LogP) is 16.8. The number of aliphatic hydroxyl groups excluding tert-OH is 2. The molecule has 1 aliphatic heterocycles. The lowest BCUT2D eigenvalue weighted by molar-refractivity contribution is -0.151. The molecule has 0 amide bonds. The molecule has 47 nitrogen and oxygen atoms in total. The number of nitrogens with one attached hydrogen (secondary N) is 1. The van der Waals surface area contributed by atoms with Crippen LogP contribution in [0.2, 0.25) is 0 Å². The second kappa shape index (κ2) is 119. The maximum atomic E-state index is 10.3. The van der Waals surface area contributed by atoms with Gasteiger partial charge in [0.15, 0.2) is 0 Å². The number of hydrogen-bond acceptors (Lipinski definition) is 27. The lowest BCUT2D eigenvalue weighted by Crippen LogP contribution is -2.43. The number of carbonyl (C=O) groups is 20. The molecule has 31 N–H and O–H groups in total. The van der Waals surface area contributed by atoms with Crippen LogP contribution in [0.3, 0.4) is 0 Å². The Morgan fingerprint density at radius 3 is 0.725 bits per heavy atom. The van der Waals surface area contributed by atoms with Gasteiger partial charge in [0, 0.05) is 44.9 Å². The molecule has 0 bridgehead atoms. The number of rotatable bonds is 44. The Balaban J connectivity index is -0.0000000704. The quantitative estimate of drug-likeness (QED) is 0.0252. The van der Waals surface area contributed by atoms with Crippen LogP contribution in [0.25, 0.3) is 0 Å². The molecule has 47 heteroatoms. The smallest absolute Gasteiger partial charge is 0.323 e. The van der Waals surface area contributed by atoms with Gasteiger partial charge < -0.3 is 141 Å². The first-order valence-electron chi connectivity index (χ1n) is 50.0. The van der Waals surface area contributed by atoms with E-state index in [-0.39, 0.29) is 66.8 Å². The van der Waals surface area contributed by atoms with Crippen LogP contribution in [0.1, 0.15) is 428 Å². The molecule has 0 spiro atoms. The highest BCUT2D eigenvalue weighted by Crippen LogP contribution is 2.21. The summed E-state index contributed by atoms with van der Waals surface area (Å²) in [6, 6.07) is -2.81. The standard InChI is InChI=1S/C8H16O2.C7H14O2.C6H12O3.3C6H12O2.C5H9NO3.3C5H11NO2.4C5H10O2.C4H9NO2.4C4H8O2.C3H6O2/c1-2-3-4-5-6-7-8(9)10;1-2-3-4-5-6-7(8)9;1-3-6(2,4-7)5(8)9;1-6(2,3)4-5(7)8;1-4-6(2,3)5(7)8;1-2-3-4-5-6(7)8;7-3-1-2-6-4(3)5(8)9;1-3-5(2,6)4(7)8;1-3(2)4(6)5(7)8;1-2-3-4(6)5(7)8;1-5(2,3)4(6)7;1-4(2)3-5(6)7;1-3-4(2)5(6)7;1-2-3-4-5(6)7;1-2-3(5)4(6)7;3*1-3(2)4(5)6;1-2-3-4(5)6;1-2-3(4)5/h2-7H2,1H3,(H,9,10);2-6H2,1H3,(H,8,9);7H,3-4H2,1-2H3,(H,8,9);2*4H2,1-3H3,(H,7,8);2-5H2,1H3,(H,7,8);3-4,6-7H,1-2H2,(H,8,9);3,6H2,1-2H3,(H,7,8);3-4H,6H2,1-2H3,(H,7,8);4H,2-3,6H2,1H3,(H,7,8);1-3H3,(H,6,7);2*4H,3H2,1-2H3,(H,6,7);2-4H2,1H3,(H,6,7);3H,2,5H2,1H3,(H,6,7);3*3H,1-2H3,(H,5,6);2-3H2,1H3,(H,5,6);2H2,1H3,(H,4,5). The van der Waals surface area contributed by atoms with E-state index in [9.17, 15) is 95.9 Å². The summed E-state index contributed by atoms with van der Waals surface area (Å²) in [6.07, 6.45) is 21.6. The summed E-state index contributed by atoms with van der Waals surface area (Å²) in [5.41, 5.74) is 17.4. The van der Waals surface area contributed by atoms with Crippen LogP contribution in [0, 0.1) is 57.2 Å². The maximum Gasteiger partial charge on any atom is 0.323 e. The molecule has 892 valence electrons. The van der Waals surface area contributed by atoms with E-state index in [1.807, 2.05) is 69.2 Å². The van der Waals surface area contributed by atoms with Crippen LogP contribution in [0.4, 0.5) is 0 Å². The molecule has 0 saturated carbocycles. The van der Waals surface area contributed by atoms with E-state index in [4.69, 9.17) is 135 Å². The summed E-state index contributed by atoms with van der Waals surface area (Å²) in [5, 5.41) is 183. The number of aliphatic hydroxyl groups is 2. The average molecular weight is 2180 g/mol. The topological polar surface area (TPSA) is 903 Å². The van der Waals surface area contributed by atoms with Crippen LogP contribution >= 0.6 is 0 Å². The van der Waals surface area contributed by atoms with Crippen molar-refractivity contribution in [3.05, 3.63) is 0 Å². The minimum atomic E-state index is -1.04. The predicted molar refractivity (Wildman–Crippen MR) is 569 cm³/mol. The van der Waals surface area contributed by atoms with Gasteiger partial charge in [-0.2, -0.15) is 0 Å². The lowest BCUT2D eigenvalue weighted by Gasteiger charge is -2.18. The van der Waals surface area contributed by atoms with Gasteiger partial charge >= 0.3 is 119 Å². The van der Waals surface area contributed by atoms with Crippen LogP contribution in [-0.4, -0.2) is 281 Å². The monoisotopic (exact) mass is 2170 g/mol. The van der Waals surface area contributed by atoms with E-state index in [1.165, 1.54) is 39.5 Å². The lowest BCUT2D eigenvalue weighted by atomic mass is 9.89. The van der Waals surface area contributed by atoms with E-state index in [0.717, 1.165) is 83.5 Å². The third-order valence-electron chi connectivity index (χ3n) is 18.1.